The first-order chi connectivity index (χ1) is 9.58. The quantitative estimate of drug-likeness (QED) is 0.773. The second kappa shape index (κ2) is 4.53. The van der Waals surface area contributed by atoms with E-state index >= 15 is 0 Å². The number of aromatic nitrogens is 1. The molecule has 0 aliphatic carbocycles. The minimum Gasteiger partial charge on any atom is -0.465 e. The summed E-state index contributed by atoms with van der Waals surface area (Å²) < 4.78 is 2.09. The standard InChI is InChI=1S/C14H18N4O2/c1-16-8-9-18-11(10-15)2-3-12(18)14(16)4-6-17(7-5-14)13(19)20/h2-3H,4-9H2,1H3,(H,19,20). The van der Waals surface area contributed by atoms with E-state index in [1.165, 1.54) is 4.90 Å². The van der Waals surface area contributed by atoms with Gasteiger partial charge >= 0.3 is 6.09 Å². The molecular weight excluding hydrogens is 256 g/mol. The minimum atomic E-state index is -0.841. The molecule has 0 aromatic carbocycles. The molecule has 3 heterocycles. The predicted molar refractivity (Wildman–Crippen MR) is 72.3 cm³/mol. The lowest BCUT2D eigenvalue weighted by Gasteiger charge is -2.50. The van der Waals surface area contributed by atoms with E-state index < -0.39 is 6.09 Å². The van der Waals surface area contributed by atoms with Crippen LogP contribution in [0.1, 0.15) is 24.2 Å². The van der Waals surface area contributed by atoms with E-state index in [0.29, 0.717) is 18.8 Å². The first kappa shape index (κ1) is 13.0. The van der Waals surface area contributed by atoms with E-state index in [2.05, 4.69) is 22.6 Å². The molecule has 3 rings (SSSR count). The van der Waals surface area contributed by atoms with Gasteiger partial charge in [-0.15, -0.1) is 0 Å². The first-order valence-electron chi connectivity index (χ1n) is 6.88. The van der Waals surface area contributed by atoms with E-state index in [0.717, 1.165) is 31.6 Å². The highest BCUT2D eigenvalue weighted by molar-refractivity contribution is 5.65. The van der Waals surface area contributed by atoms with Crippen molar-refractivity contribution in [3.8, 4) is 6.07 Å². The van der Waals surface area contributed by atoms with Gasteiger partial charge in [0.25, 0.3) is 0 Å². The summed E-state index contributed by atoms with van der Waals surface area (Å²) in [6.45, 7) is 2.81. The molecule has 1 aromatic heterocycles. The van der Waals surface area contributed by atoms with Crippen molar-refractivity contribution < 1.29 is 9.90 Å². The number of carbonyl (C=O) groups is 1. The lowest BCUT2D eigenvalue weighted by molar-refractivity contribution is 0.0155. The van der Waals surface area contributed by atoms with Gasteiger partial charge in [-0.2, -0.15) is 5.26 Å². The molecule has 1 aromatic rings. The van der Waals surface area contributed by atoms with Gasteiger partial charge in [0.1, 0.15) is 11.8 Å². The van der Waals surface area contributed by atoms with Gasteiger partial charge in [-0.05, 0) is 32.0 Å². The highest BCUT2D eigenvalue weighted by atomic mass is 16.4. The molecule has 2 aliphatic rings. The molecule has 2 aliphatic heterocycles. The van der Waals surface area contributed by atoms with Crippen LogP contribution in [-0.2, 0) is 12.1 Å². The van der Waals surface area contributed by atoms with Crippen LogP contribution in [0.4, 0.5) is 4.79 Å². The van der Waals surface area contributed by atoms with Gasteiger partial charge in [-0.1, -0.05) is 0 Å². The van der Waals surface area contributed by atoms with Crippen LogP contribution < -0.4 is 0 Å². The molecule has 20 heavy (non-hydrogen) atoms. The third-order valence-corrected chi connectivity index (χ3v) is 4.82. The van der Waals surface area contributed by atoms with Gasteiger partial charge in [0.05, 0.1) is 5.54 Å². The Labute approximate surface area is 117 Å². The van der Waals surface area contributed by atoms with E-state index in [9.17, 15) is 10.1 Å². The normalized spacial score (nSPS) is 21.5. The molecule has 6 heteroatoms. The number of rotatable bonds is 0. The van der Waals surface area contributed by atoms with Crippen molar-refractivity contribution in [2.75, 3.05) is 26.7 Å². The molecule has 1 fully saturated rings. The van der Waals surface area contributed by atoms with Gasteiger partial charge in [0, 0.05) is 31.9 Å². The molecule has 1 spiro atoms. The second-order valence-electron chi connectivity index (χ2n) is 5.59. The molecule has 0 radical (unpaired) electrons. The SMILES string of the molecule is CN1CCn2c(C#N)ccc2C12CCN(C(=O)O)CC2. The fourth-order valence-electron chi connectivity index (χ4n) is 3.58. The van der Waals surface area contributed by atoms with Gasteiger partial charge < -0.3 is 14.6 Å². The fourth-order valence-corrected chi connectivity index (χ4v) is 3.58. The summed E-state index contributed by atoms with van der Waals surface area (Å²) in [5, 5.41) is 18.3. The number of amides is 1. The molecule has 6 nitrogen and oxygen atoms in total. The number of likely N-dealkylation sites (tertiary alicyclic amines) is 1. The number of fused-ring (bicyclic) bond motifs is 2. The van der Waals surface area contributed by atoms with E-state index in [1.54, 1.807) is 0 Å². The Balaban J connectivity index is 1.96. The summed E-state index contributed by atoms with van der Waals surface area (Å²) in [5.41, 5.74) is 1.74. The number of hydrogen-bond acceptors (Lipinski definition) is 3. The van der Waals surface area contributed by atoms with Gasteiger partial charge in [-0.25, -0.2) is 4.79 Å². The monoisotopic (exact) mass is 274 g/mol. The maximum absolute atomic E-state index is 11.1. The Hall–Kier alpha value is -2.00. The third-order valence-electron chi connectivity index (χ3n) is 4.82. The molecule has 0 atom stereocenters. The zero-order valence-electron chi connectivity index (χ0n) is 11.5. The average Bonchev–Trinajstić information content (AvgIpc) is 2.87. The van der Waals surface area contributed by atoms with Crippen molar-refractivity contribution in [2.24, 2.45) is 0 Å². The Morgan fingerprint density at radius 3 is 2.60 bits per heavy atom. The molecule has 106 valence electrons. The van der Waals surface area contributed by atoms with Crippen molar-refractivity contribution in [3.63, 3.8) is 0 Å². The van der Waals surface area contributed by atoms with Crippen LogP contribution in [0.3, 0.4) is 0 Å². The van der Waals surface area contributed by atoms with Crippen molar-refractivity contribution in [1.82, 2.24) is 14.4 Å². The smallest absolute Gasteiger partial charge is 0.407 e. The summed E-state index contributed by atoms with van der Waals surface area (Å²) >= 11 is 0. The molecule has 1 amide bonds. The highest BCUT2D eigenvalue weighted by Crippen LogP contribution is 2.41. The Kier molecular flexibility index (Phi) is 2.94. The van der Waals surface area contributed by atoms with Gasteiger partial charge in [0.15, 0.2) is 0 Å². The van der Waals surface area contributed by atoms with E-state index in [1.807, 2.05) is 12.1 Å². The van der Waals surface area contributed by atoms with Crippen molar-refractivity contribution in [3.05, 3.63) is 23.5 Å². The lowest BCUT2D eigenvalue weighted by Crippen LogP contribution is -2.56. The van der Waals surface area contributed by atoms with E-state index in [4.69, 9.17) is 5.11 Å². The first-order valence-corrected chi connectivity index (χ1v) is 6.88. The Morgan fingerprint density at radius 2 is 2.00 bits per heavy atom. The predicted octanol–water partition coefficient (Wildman–Crippen LogP) is 1.27. The number of likely N-dealkylation sites (N-methyl/N-ethyl adjacent to an activating group) is 1. The third kappa shape index (κ3) is 1.70. The topological polar surface area (TPSA) is 72.5 Å². The Morgan fingerprint density at radius 1 is 1.30 bits per heavy atom. The number of nitriles is 1. The second-order valence-corrected chi connectivity index (χ2v) is 5.59. The summed E-state index contributed by atoms with van der Waals surface area (Å²) in [6, 6.07) is 6.15. The maximum atomic E-state index is 11.1. The molecule has 1 N–H and O–H groups in total. The largest absolute Gasteiger partial charge is 0.465 e. The van der Waals surface area contributed by atoms with Crippen LogP contribution >= 0.6 is 0 Å². The molecule has 0 bridgehead atoms. The number of nitrogens with zero attached hydrogens (tertiary/aromatic N) is 4. The molecule has 1 saturated heterocycles. The van der Waals surface area contributed by atoms with Crippen LogP contribution in [0, 0.1) is 11.3 Å². The van der Waals surface area contributed by atoms with Crippen molar-refractivity contribution >= 4 is 6.09 Å². The van der Waals surface area contributed by atoms with Crippen LogP contribution in [-0.4, -0.2) is 52.2 Å². The average molecular weight is 274 g/mol. The number of hydrogen-bond donors (Lipinski definition) is 1. The fraction of sp³-hybridized carbons (Fsp3) is 0.571. The maximum Gasteiger partial charge on any atom is 0.407 e. The zero-order valence-corrected chi connectivity index (χ0v) is 11.5. The zero-order chi connectivity index (χ0) is 14.3. The van der Waals surface area contributed by atoms with Crippen LogP contribution in [0.2, 0.25) is 0 Å². The van der Waals surface area contributed by atoms with Gasteiger partial charge in [-0.3, -0.25) is 4.90 Å². The van der Waals surface area contributed by atoms with Gasteiger partial charge in [0.2, 0.25) is 0 Å². The van der Waals surface area contributed by atoms with Crippen molar-refractivity contribution in [1.29, 1.82) is 5.26 Å². The lowest BCUT2D eigenvalue weighted by atomic mass is 9.81. The molecular formula is C14H18N4O2. The van der Waals surface area contributed by atoms with Crippen LogP contribution in [0.25, 0.3) is 0 Å². The summed E-state index contributed by atoms with van der Waals surface area (Å²) in [6.07, 6.45) is 0.724. The molecule has 0 saturated carbocycles. The summed E-state index contributed by atoms with van der Waals surface area (Å²) in [5.74, 6) is 0. The summed E-state index contributed by atoms with van der Waals surface area (Å²) in [4.78, 5) is 14.9. The van der Waals surface area contributed by atoms with Crippen LogP contribution in [0.5, 0.6) is 0 Å². The summed E-state index contributed by atoms with van der Waals surface area (Å²) in [7, 11) is 2.10. The van der Waals surface area contributed by atoms with Crippen molar-refractivity contribution in [2.45, 2.75) is 24.9 Å². The van der Waals surface area contributed by atoms with Crippen LogP contribution in [0.15, 0.2) is 12.1 Å². The van der Waals surface area contributed by atoms with E-state index in [-0.39, 0.29) is 5.54 Å². The number of carboxylic acid groups (broad SMARTS) is 1. The number of piperidine rings is 1. The highest BCUT2D eigenvalue weighted by Gasteiger charge is 2.44. The molecule has 0 unspecified atom stereocenters. The minimum absolute atomic E-state index is 0.126. The Bertz CT molecular complexity index is 578.